The summed E-state index contributed by atoms with van der Waals surface area (Å²) < 4.78 is 1.09. The van der Waals surface area contributed by atoms with Crippen molar-refractivity contribution in [1.82, 2.24) is 0 Å². The normalized spacial score (nSPS) is 12.4. The third-order valence-corrected chi connectivity index (χ3v) is 5.03. The number of hydrogen-bond acceptors (Lipinski definition) is 2. The van der Waals surface area contributed by atoms with Gasteiger partial charge in [-0.2, -0.15) is 0 Å². The molecule has 2 aromatic rings. The van der Waals surface area contributed by atoms with E-state index in [2.05, 4.69) is 53.2 Å². The van der Waals surface area contributed by atoms with E-state index in [4.69, 9.17) is 0 Å². The molecule has 0 aliphatic carbocycles. The van der Waals surface area contributed by atoms with Gasteiger partial charge in [0.15, 0.2) is 0 Å². The molecule has 19 heavy (non-hydrogen) atoms. The first-order chi connectivity index (χ1) is 9.15. The topological polar surface area (TPSA) is 20.2 Å². The zero-order chi connectivity index (χ0) is 13.7. The van der Waals surface area contributed by atoms with Gasteiger partial charge in [0.1, 0.15) is 0 Å². The Morgan fingerprint density at radius 3 is 2.47 bits per heavy atom. The second-order valence-electron chi connectivity index (χ2n) is 4.58. The predicted molar refractivity (Wildman–Crippen MR) is 85.8 cm³/mol. The molecule has 1 atom stereocenters. The first-order valence-corrected chi connectivity index (χ1v) is 8.04. The molecule has 0 fully saturated rings. The van der Waals surface area contributed by atoms with Gasteiger partial charge < -0.3 is 5.11 Å². The Hall–Kier alpha value is -0.770. The second-order valence-corrected chi connectivity index (χ2v) is 6.50. The number of thioether (sulfide) groups is 1. The number of aryl methyl sites for hydroxylation is 1. The molecule has 0 saturated heterocycles. The van der Waals surface area contributed by atoms with Crippen LogP contribution in [-0.4, -0.2) is 17.0 Å². The molecule has 0 aliphatic heterocycles. The van der Waals surface area contributed by atoms with Crippen LogP contribution < -0.4 is 0 Å². The number of rotatable bonds is 5. The standard InChI is InChI=1S/C16H17BrOS/c1-12-6-8-13(9-7-12)10-14(18)11-19-16-5-3-2-4-15(16)17/h2-9,14,18H,10-11H2,1H3. The molecule has 0 amide bonds. The van der Waals surface area contributed by atoms with Crippen molar-refractivity contribution >= 4 is 27.7 Å². The highest BCUT2D eigenvalue weighted by molar-refractivity contribution is 9.10. The summed E-state index contributed by atoms with van der Waals surface area (Å²) in [6.07, 6.45) is 0.386. The quantitative estimate of drug-likeness (QED) is 0.814. The molecule has 0 bridgehead atoms. The summed E-state index contributed by atoms with van der Waals surface area (Å²) in [6.45, 7) is 2.07. The highest BCUT2D eigenvalue weighted by Gasteiger charge is 2.08. The molecule has 2 aromatic carbocycles. The Balaban J connectivity index is 1.86. The largest absolute Gasteiger partial charge is 0.392 e. The molecule has 0 spiro atoms. The molecular formula is C16H17BrOS. The first kappa shape index (κ1) is 14.6. The molecule has 1 unspecified atom stereocenters. The maximum absolute atomic E-state index is 10.1. The average molecular weight is 337 g/mol. The number of hydrogen-bond donors (Lipinski definition) is 1. The lowest BCUT2D eigenvalue weighted by molar-refractivity contribution is 0.200. The van der Waals surface area contributed by atoms with Crippen LogP contribution >= 0.6 is 27.7 Å². The Kier molecular flexibility index (Phi) is 5.49. The number of halogens is 1. The summed E-state index contributed by atoms with van der Waals surface area (Å²) in [5.74, 6) is 0.705. The molecule has 0 saturated carbocycles. The molecule has 3 heteroatoms. The molecule has 100 valence electrons. The SMILES string of the molecule is Cc1ccc(CC(O)CSc2ccccc2Br)cc1. The lowest BCUT2D eigenvalue weighted by Gasteiger charge is -2.11. The van der Waals surface area contributed by atoms with Gasteiger partial charge in [-0.25, -0.2) is 0 Å². The Bertz CT molecular complexity index is 525. The van der Waals surface area contributed by atoms with Crippen LogP contribution in [0.25, 0.3) is 0 Å². The summed E-state index contributed by atoms with van der Waals surface area (Å²) >= 11 is 5.20. The molecule has 1 N–H and O–H groups in total. The van der Waals surface area contributed by atoms with Crippen molar-refractivity contribution in [3.05, 3.63) is 64.1 Å². The fourth-order valence-corrected chi connectivity index (χ4v) is 3.30. The maximum Gasteiger partial charge on any atom is 0.0674 e. The number of aliphatic hydroxyl groups is 1. The van der Waals surface area contributed by atoms with Gasteiger partial charge >= 0.3 is 0 Å². The van der Waals surface area contributed by atoms with Crippen molar-refractivity contribution in [2.24, 2.45) is 0 Å². The Morgan fingerprint density at radius 1 is 1.11 bits per heavy atom. The van der Waals surface area contributed by atoms with E-state index in [9.17, 15) is 5.11 Å². The molecule has 0 radical (unpaired) electrons. The zero-order valence-corrected chi connectivity index (χ0v) is 13.2. The third-order valence-electron chi connectivity index (χ3n) is 2.86. The van der Waals surface area contributed by atoms with E-state index in [0.717, 1.165) is 4.47 Å². The van der Waals surface area contributed by atoms with E-state index in [1.807, 2.05) is 18.2 Å². The highest BCUT2D eigenvalue weighted by atomic mass is 79.9. The third kappa shape index (κ3) is 4.68. The summed E-state index contributed by atoms with van der Waals surface area (Å²) in [5.41, 5.74) is 2.44. The fourth-order valence-electron chi connectivity index (χ4n) is 1.80. The van der Waals surface area contributed by atoms with Crippen LogP contribution in [0.3, 0.4) is 0 Å². The first-order valence-electron chi connectivity index (χ1n) is 6.26. The smallest absolute Gasteiger partial charge is 0.0674 e. The van der Waals surface area contributed by atoms with Gasteiger partial charge in [0.05, 0.1) is 6.10 Å². The maximum atomic E-state index is 10.1. The predicted octanol–water partition coefficient (Wildman–Crippen LogP) is 4.45. The summed E-state index contributed by atoms with van der Waals surface area (Å²) in [6, 6.07) is 16.4. The summed E-state index contributed by atoms with van der Waals surface area (Å²) in [5, 5.41) is 10.1. The zero-order valence-electron chi connectivity index (χ0n) is 10.8. The average Bonchev–Trinajstić information content (AvgIpc) is 2.40. The number of aliphatic hydroxyl groups excluding tert-OH is 1. The van der Waals surface area contributed by atoms with Gasteiger partial charge in [0.2, 0.25) is 0 Å². The fraction of sp³-hybridized carbons (Fsp3) is 0.250. The van der Waals surface area contributed by atoms with E-state index in [1.165, 1.54) is 16.0 Å². The summed E-state index contributed by atoms with van der Waals surface area (Å²) in [7, 11) is 0. The van der Waals surface area contributed by atoms with Gasteiger partial charge in [-0.15, -0.1) is 11.8 Å². The van der Waals surface area contributed by atoms with Crippen LogP contribution in [0.5, 0.6) is 0 Å². The van der Waals surface area contributed by atoms with E-state index in [-0.39, 0.29) is 6.10 Å². The monoisotopic (exact) mass is 336 g/mol. The van der Waals surface area contributed by atoms with Crippen molar-refractivity contribution in [3.8, 4) is 0 Å². The minimum Gasteiger partial charge on any atom is -0.392 e. The second kappa shape index (κ2) is 7.13. The van der Waals surface area contributed by atoms with Crippen molar-refractivity contribution in [1.29, 1.82) is 0 Å². The molecule has 0 heterocycles. The van der Waals surface area contributed by atoms with E-state index in [1.54, 1.807) is 11.8 Å². The molecular weight excluding hydrogens is 320 g/mol. The van der Waals surface area contributed by atoms with Gasteiger partial charge in [0, 0.05) is 15.1 Å². The van der Waals surface area contributed by atoms with Gasteiger partial charge in [0.25, 0.3) is 0 Å². The molecule has 0 aliphatic rings. The molecule has 0 aromatic heterocycles. The highest BCUT2D eigenvalue weighted by Crippen LogP contribution is 2.27. The van der Waals surface area contributed by atoms with Gasteiger partial charge in [-0.3, -0.25) is 0 Å². The lowest BCUT2D eigenvalue weighted by Crippen LogP contribution is -2.13. The van der Waals surface area contributed by atoms with Crippen LogP contribution in [0.15, 0.2) is 57.9 Å². The van der Waals surface area contributed by atoms with Crippen molar-refractivity contribution in [2.75, 3.05) is 5.75 Å². The molecule has 2 rings (SSSR count). The van der Waals surface area contributed by atoms with Gasteiger partial charge in [-0.05, 0) is 47.0 Å². The minimum absolute atomic E-state index is 0.320. The van der Waals surface area contributed by atoms with Crippen LogP contribution in [0.1, 0.15) is 11.1 Å². The van der Waals surface area contributed by atoms with E-state index in [0.29, 0.717) is 12.2 Å². The lowest BCUT2D eigenvalue weighted by atomic mass is 10.1. The summed E-state index contributed by atoms with van der Waals surface area (Å²) in [4.78, 5) is 1.17. The van der Waals surface area contributed by atoms with Crippen molar-refractivity contribution < 1.29 is 5.11 Å². The Labute approximate surface area is 127 Å². The number of benzene rings is 2. The van der Waals surface area contributed by atoms with Crippen LogP contribution in [0.4, 0.5) is 0 Å². The van der Waals surface area contributed by atoms with E-state index < -0.39 is 0 Å². The molecule has 1 nitrogen and oxygen atoms in total. The van der Waals surface area contributed by atoms with E-state index >= 15 is 0 Å². The van der Waals surface area contributed by atoms with Gasteiger partial charge in [-0.1, -0.05) is 42.0 Å². The Morgan fingerprint density at radius 2 is 1.79 bits per heavy atom. The van der Waals surface area contributed by atoms with Crippen LogP contribution in [-0.2, 0) is 6.42 Å². The van der Waals surface area contributed by atoms with Crippen LogP contribution in [0, 0.1) is 6.92 Å². The van der Waals surface area contributed by atoms with Crippen molar-refractivity contribution in [2.45, 2.75) is 24.3 Å². The minimum atomic E-state index is -0.320. The van der Waals surface area contributed by atoms with Crippen molar-refractivity contribution in [3.63, 3.8) is 0 Å². The van der Waals surface area contributed by atoms with Crippen LogP contribution in [0.2, 0.25) is 0 Å².